The Labute approximate surface area is 120 Å². The molecule has 4 nitrogen and oxygen atoms in total. The van der Waals surface area contributed by atoms with Crippen LogP contribution in [0.4, 0.5) is 11.4 Å². The number of amides is 1. The lowest BCUT2D eigenvalue weighted by atomic mass is 9.69. The zero-order valence-corrected chi connectivity index (χ0v) is 12.1. The number of anilines is 2. The number of hydrogen-bond acceptors (Lipinski definition) is 3. The lowest BCUT2D eigenvalue weighted by Crippen LogP contribution is -2.54. The number of nitrogens with two attached hydrogens (primary N) is 1. The van der Waals surface area contributed by atoms with E-state index < -0.39 is 0 Å². The van der Waals surface area contributed by atoms with Crippen LogP contribution in [0.3, 0.4) is 0 Å². The largest absolute Gasteiger partial charge is 0.397 e. The molecule has 108 valence electrons. The van der Waals surface area contributed by atoms with Gasteiger partial charge < -0.3 is 15.5 Å². The topological polar surface area (TPSA) is 49.6 Å². The first-order valence-corrected chi connectivity index (χ1v) is 7.49. The Morgan fingerprint density at radius 3 is 2.35 bits per heavy atom. The number of nitrogen functional groups attached to an aromatic ring is 1. The smallest absolute Gasteiger partial charge is 0.228 e. The Morgan fingerprint density at radius 2 is 1.80 bits per heavy atom. The minimum atomic E-state index is -0.0755. The van der Waals surface area contributed by atoms with Gasteiger partial charge in [-0.1, -0.05) is 25.5 Å². The molecular weight excluding hydrogens is 250 g/mol. The normalized spacial score (nSPS) is 21.4. The molecule has 2 fully saturated rings. The standard InChI is InChI=1S/C16H23N3O/c1-16(7-4-8-16)15(20)19-11-9-18(10-12-19)14-6-3-2-5-13(14)17/h2-3,5-6H,4,7-12,17H2,1H3. The van der Waals surface area contributed by atoms with Gasteiger partial charge in [0.1, 0.15) is 0 Å². The molecule has 1 aliphatic heterocycles. The highest BCUT2D eigenvalue weighted by Crippen LogP contribution is 2.42. The highest BCUT2D eigenvalue weighted by atomic mass is 16.2. The fourth-order valence-corrected chi connectivity index (χ4v) is 3.23. The van der Waals surface area contributed by atoms with E-state index in [1.54, 1.807) is 0 Å². The molecule has 0 aromatic heterocycles. The third kappa shape index (κ3) is 2.23. The molecule has 1 aromatic carbocycles. The highest BCUT2D eigenvalue weighted by molar-refractivity contribution is 5.83. The van der Waals surface area contributed by atoms with E-state index in [9.17, 15) is 4.79 Å². The third-order valence-electron chi connectivity index (χ3n) is 4.82. The summed E-state index contributed by atoms with van der Waals surface area (Å²) in [5, 5.41) is 0. The zero-order valence-electron chi connectivity index (χ0n) is 12.1. The van der Waals surface area contributed by atoms with Gasteiger partial charge in [0.2, 0.25) is 5.91 Å². The number of benzene rings is 1. The second kappa shape index (κ2) is 5.00. The summed E-state index contributed by atoms with van der Waals surface area (Å²) in [6.07, 6.45) is 3.30. The molecule has 1 saturated carbocycles. The Balaban J connectivity index is 1.62. The Hall–Kier alpha value is -1.71. The van der Waals surface area contributed by atoms with Crippen molar-refractivity contribution in [3.8, 4) is 0 Å². The maximum absolute atomic E-state index is 12.5. The van der Waals surface area contributed by atoms with E-state index in [0.29, 0.717) is 5.91 Å². The number of carbonyl (C=O) groups excluding carboxylic acids is 1. The zero-order chi connectivity index (χ0) is 14.2. The summed E-state index contributed by atoms with van der Waals surface area (Å²) in [7, 11) is 0. The first-order valence-electron chi connectivity index (χ1n) is 7.49. The number of rotatable bonds is 2. The Morgan fingerprint density at radius 1 is 1.15 bits per heavy atom. The summed E-state index contributed by atoms with van der Waals surface area (Å²) in [6.45, 7) is 5.47. The van der Waals surface area contributed by atoms with Gasteiger partial charge in [0.25, 0.3) is 0 Å². The van der Waals surface area contributed by atoms with Crippen LogP contribution >= 0.6 is 0 Å². The maximum atomic E-state index is 12.5. The average Bonchev–Trinajstić information content (AvgIpc) is 2.45. The van der Waals surface area contributed by atoms with Crippen molar-refractivity contribution in [3.05, 3.63) is 24.3 Å². The van der Waals surface area contributed by atoms with E-state index in [1.165, 1.54) is 6.42 Å². The second-order valence-corrected chi connectivity index (χ2v) is 6.25. The van der Waals surface area contributed by atoms with Gasteiger partial charge in [-0.15, -0.1) is 0 Å². The Kier molecular flexibility index (Phi) is 3.32. The number of carbonyl (C=O) groups is 1. The molecule has 1 aromatic rings. The highest BCUT2D eigenvalue weighted by Gasteiger charge is 2.42. The van der Waals surface area contributed by atoms with Gasteiger partial charge in [-0.3, -0.25) is 4.79 Å². The molecule has 1 aliphatic carbocycles. The molecule has 0 radical (unpaired) electrons. The van der Waals surface area contributed by atoms with Crippen molar-refractivity contribution in [1.29, 1.82) is 0 Å². The number of nitrogens with zero attached hydrogens (tertiary/aromatic N) is 2. The molecule has 1 saturated heterocycles. The third-order valence-corrected chi connectivity index (χ3v) is 4.82. The molecule has 0 unspecified atom stereocenters. The van der Waals surface area contributed by atoms with Gasteiger partial charge in [-0.05, 0) is 25.0 Å². The molecule has 2 N–H and O–H groups in total. The summed E-state index contributed by atoms with van der Waals surface area (Å²) in [5.41, 5.74) is 7.86. The fraction of sp³-hybridized carbons (Fsp3) is 0.562. The summed E-state index contributed by atoms with van der Waals surface area (Å²) in [4.78, 5) is 16.8. The number of hydrogen-bond donors (Lipinski definition) is 1. The first kappa shape index (κ1) is 13.3. The van der Waals surface area contributed by atoms with Gasteiger partial charge in [-0.25, -0.2) is 0 Å². The summed E-state index contributed by atoms with van der Waals surface area (Å²) >= 11 is 0. The minimum Gasteiger partial charge on any atom is -0.397 e. The van der Waals surface area contributed by atoms with Crippen LogP contribution in [0.15, 0.2) is 24.3 Å². The van der Waals surface area contributed by atoms with Crippen molar-refractivity contribution in [2.75, 3.05) is 36.8 Å². The molecule has 2 aliphatic rings. The predicted octanol–water partition coefficient (Wildman–Crippen LogP) is 2.11. The van der Waals surface area contributed by atoms with Crippen LogP contribution in [0.1, 0.15) is 26.2 Å². The number of para-hydroxylation sites is 2. The van der Waals surface area contributed by atoms with Crippen LogP contribution in [0, 0.1) is 5.41 Å². The van der Waals surface area contributed by atoms with Crippen LogP contribution in [-0.4, -0.2) is 37.0 Å². The first-order chi connectivity index (χ1) is 9.60. The van der Waals surface area contributed by atoms with Crippen LogP contribution in [-0.2, 0) is 4.79 Å². The van der Waals surface area contributed by atoms with Gasteiger partial charge in [0.05, 0.1) is 11.4 Å². The van der Waals surface area contributed by atoms with Crippen LogP contribution in [0.5, 0.6) is 0 Å². The van der Waals surface area contributed by atoms with E-state index in [2.05, 4.69) is 17.9 Å². The SMILES string of the molecule is CC1(C(=O)N2CCN(c3ccccc3N)CC2)CCC1. The van der Waals surface area contributed by atoms with Gasteiger partial charge in [0, 0.05) is 31.6 Å². The van der Waals surface area contributed by atoms with E-state index in [1.807, 2.05) is 23.1 Å². The molecule has 1 heterocycles. The van der Waals surface area contributed by atoms with E-state index in [-0.39, 0.29) is 5.41 Å². The van der Waals surface area contributed by atoms with Gasteiger partial charge in [0.15, 0.2) is 0 Å². The minimum absolute atomic E-state index is 0.0755. The van der Waals surface area contributed by atoms with Crippen LogP contribution < -0.4 is 10.6 Å². The Bertz CT molecular complexity index is 502. The lowest BCUT2D eigenvalue weighted by molar-refractivity contribution is -0.146. The van der Waals surface area contributed by atoms with E-state index in [4.69, 9.17) is 5.73 Å². The van der Waals surface area contributed by atoms with Crippen molar-refractivity contribution in [2.24, 2.45) is 5.41 Å². The lowest BCUT2D eigenvalue weighted by Gasteiger charge is -2.44. The summed E-state index contributed by atoms with van der Waals surface area (Å²) in [5.74, 6) is 0.351. The second-order valence-electron chi connectivity index (χ2n) is 6.25. The predicted molar refractivity (Wildman–Crippen MR) is 81.6 cm³/mol. The molecule has 1 amide bonds. The van der Waals surface area contributed by atoms with Gasteiger partial charge >= 0.3 is 0 Å². The summed E-state index contributed by atoms with van der Waals surface area (Å²) < 4.78 is 0. The molecule has 0 spiro atoms. The average molecular weight is 273 g/mol. The van der Waals surface area contributed by atoms with Crippen molar-refractivity contribution in [3.63, 3.8) is 0 Å². The fourth-order valence-electron chi connectivity index (χ4n) is 3.23. The van der Waals surface area contributed by atoms with E-state index in [0.717, 1.165) is 50.4 Å². The maximum Gasteiger partial charge on any atom is 0.228 e. The quantitative estimate of drug-likeness (QED) is 0.840. The molecule has 0 atom stereocenters. The van der Waals surface area contributed by atoms with Crippen molar-refractivity contribution < 1.29 is 4.79 Å². The van der Waals surface area contributed by atoms with Crippen molar-refractivity contribution in [1.82, 2.24) is 4.90 Å². The monoisotopic (exact) mass is 273 g/mol. The summed E-state index contributed by atoms with van der Waals surface area (Å²) in [6, 6.07) is 7.96. The van der Waals surface area contributed by atoms with Crippen molar-refractivity contribution >= 4 is 17.3 Å². The van der Waals surface area contributed by atoms with Gasteiger partial charge in [-0.2, -0.15) is 0 Å². The van der Waals surface area contributed by atoms with Crippen molar-refractivity contribution in [2.45, 2.75) is 26.2 Å². The van der Waals surface area contributed by atoms with E-state index >= 15 is 0 Å². The molecular formula is C16H23N3O. The molecule has 0 bridgehead atoms. The van der Waals surface area contributed by atoms with Crippen LogP contribution in [0.2, 0.25) is 0 Å². The molecule has 4 heteroatoms. The van der Waals surface area contributed by atoms with Crippen LogP contribution in [0.25, 0.3) is 0 Å². The molecule has 3 rings (SSSR count). The number of piperazine rings is 1. The molecule has 20 heavy (non-hydrogen) atoms.